The van der Waals surface area contributed by atoms with E-state index in [4.69, 9.17) is 0 Å². The van der Waals surface area contributed by atoms with Crippen LogP contribution in [0.1, 0.15) is 11.1 Å². The van der Waals surface area contributed by atoms with Gasteiger partial charge in [0.25, 0.3) is 11.6 Å². The number of benzene rings is 3. The second kappa shape index (κ2) is 7.47. The molecule has 1 aliphatic heterocycles. The van der Waals surface area contributed by atoms with Crippen LogP contribution in [0.15, 0.2) is 89.5 Å². The number of rotatable bonds is 4. The van der Waals surface area contributed by atoms with Crippen LogP contribution < -0.4 is 5.01 Å². The van der Waals surface area contributed by atoms with E-state index in [1.165, 1.54) is 41.4 Å². The van der Waals surface area contributed by atoms with E-state index in [0.717, 1.165) is 0 Å². The van der Waals surface area contributed by atoms with Gasteiger partial charge < -0.3 is 0 Å². The number of anilines is 1. The lowest BCUT2D eigenvalue weighted by Crippen LogP contribution is -2.21. The summed E-state index contributed by atoms with van der Waals surface area (Å²) in [5, 5.41) is 16.5. The highest BCUT2D eigenvalue weighted by Gasteiger charge is 2.32. The van der Waals surface area contributed by atoms with Gasteiger partial charge in [-0.05, 0) is 24.3 Å². The number of hydrogen-bond acceptors (Lipinski definition) is 4. The maximum Gasteiger partial charge on any atom is 0.281 e. The molecule has 0 N–H and O–H groups in total. The van der Waals surface area contributed by atoms with Gasteiger partial charge in [-0.2, -0.15) is 10.1 Å². The lowest BCUT2D eigenvalue weighted by molar-refractivity contribution is -0.384. The number of nitro groups is 1. The molecule has 0 bridgehead atoms. The Morgan fingerprint density at radius 2 is 1.59 bits per heavy atom. The van der Waals surface area contributed by atoms with Crippen molar-refractivity contribution in [3.05, 3.63) is 111 Å². The fourth-order valence-electron chi connectivity index (χ4n) is 2.99. The van der Waals surface area contributed by atoms with Crippen molar-refractivity contribution in [2.75, 3.05) is 5.01 Å². The van der Waals surface area contributed by atoms with Crippen LogP contribution >= 0.6 is 0 Å². The lowest BCUT2D eigenvalue weighted by atomic mass is 10.00. The summed E-state index contributed by atoms with van der Waals surface area (Å²) >= 11 is 0. The van der Waals surface area contributed by atoms with E-state index in [1.807, 2.05) is 18.2 Å². The zero-order valence-electron chi connectivity index (χ0n) is 15.0. The monoisotopic (exact) mass is 387 g/mol. The largest absolute Gasteiger partial charge is 0.281 e. The highest BCUT2D eigenvalue weighted by molar-refractivity contribution is 6.37. The van der Waals surface area contributed by atoms with E-state index in [1.54, 1.807) is 30.3 Å². The Hall–Kier alpha value is -4.13. The molecule has 6 nitrogen and oxygen atoms in total. The van der Waals surface area contributed by atoms with Gasteiger partial charge in [-0.3, -0.25) is 14.9 Å². The van der Waals surface area contributed by atoms with E-state index < -0.39 is 16.6 Å². The van der Waals surface area contributed by atoms with E-state index in [2.05, 4.69) is 5.10 Å². The Bertz CT molecular complexity index is 1160. The van der Waals surface area contributed by atoms with Crippen molar-refractivity contribution in [3.63, 3.8) is 0 Å². The van der Waals surface area contributed by atoms with Crippen LogP contribution in [-0.4, -0.2) is 16.5 Å². The molecular weight excluding hydrogens is 373 g/mol. The first-order valence-electron chi connectivity index (χ1n) is 8.74. The minimum Gasteiger partial charge on any atom is -0.267 e. The fraction of sp³-hybridized carbons (Fsp3) is 0. The summed E-state index contributed by atoms with van der Waals surface area (Å²) in [7, 11) is 0. The zero-order chi connectivity index (χ0) is 20.4. The summed E-state index contributed by atoms with van der Waals surface area (Å²) in [6, 6.07) is 20.8. The number of amides is 1. The first-order valence-corrected chi connectivity index (χ1v) is 8.74. The normalized spacial score (nSPS) is 14.9. The molecule has 7 heteroatoms. The quantitative estimate of drug-likeness (QED) is 0.374. The number of non-ortho nitro benzene ring substituents is 1. The number of halogens is 1. The second-order valence-corrected chi connectivity index (χ2v) is 6.28. The summed E-state index contributed by atoms with van der Waals surface area (Å²) < 4.78 is 14.2. The number of carbonyl (C=O) groups is 1. The fourth-order valence-corrected chi connectivity index (χ4v) is 2.99. The van der Waals surface area contributed by atoms with Gasteiger partial charge >= 0.3 is 0 Å². The molecule has 3 aromatic rings. The van der Waals surface area contributed by atoms with Gasteiger partial charge in [0, 0.05) is 23.3 Å². The predicted octanol–water partition coefficient (Wildman–Crippen LogP) is 4.57. The van der Waals surface area contributed by atoms with Crippen LogP contribution in [0.2, 0.25) is 0 Å². The molecule has 0 atom stereocenters. The Morgan fingerprint density at radius 3 is 2.24 bits per heavy atom. The van der Waals surface area contributed by atoms with Gasteiger partial charge in [0.15, 0.2) is 0 Å². The minimum atomic E-state index is -0.516. The first-order chi connectivity index (χ1) is 14.0. The van der Waals surface area contributed by atoms with Crippen molar-refractivity contribution >= 4 is 29.1 Å². The Morgan fingerprint density at radius 1 is 0.931 bits per heavy atom. The molecule has 0 saturated heterocycles. The van der Waals surface area contributed by atoms with Crippen molar-refractivity contribution < 1.29 is 14.1 Å². The van der Waals surface area contributed by atoms with Crippen LogP contribution in [0.4, 0.5) is 15.8 Å². The second-order valence-electron chi connectivity index (χ2n) is 6.28. The third-order valence-electron chi connectivity index (χ3n) is 4.44. The molecule has 1 aliphatic rings. The molecule has 0 radical (unpaired) electrons. The van der Waals surface area contributed by atoms with Gasteiger partial charge in [-0.25, -0.2) is 4.39 Å². The molecule has 0 fully saturated rings. The van der Waals surface area contributed by atoms with Crippen molar-refractivity contribution in [2.24, 2.45) is 5.10 Å². The smallest absolute Gasteiger partial charge is 0.267 e. The predicted molar refractivity (Wildman–Crippen MR) is 108 cm³/mol. The summed E-state index contributed by atoms with van der Waals surface area (Å²) in [4.78, 5) is 23.5. The maximum absolute atomic E-state index is 14.2. The molecule has 0 unspecified atom stereocenters. The Labute approximate surface area is 165 Å². The molecule has 3 aromatic carbocycles. The van der Waals surface area contributed by atoms with Gasteiger partial charge in [0.2, 0.25) is 0 Å². The van der Waals surface area contributed by atoms with Crippen LogP contribution in [0.25, 0.3) is 6.08 Å². The van der Waals surface area contributed by atoms with Crippen molar-refractivity contribution in [2.45, 2.75) is 0 Å². The highest BCUT2D eigenvalue weighted by atomic mass is 19.1. The molecule has 4 rings (SSSR count). The standard InChI is InChI=1S/C22H14FN3O3/c23-20-9-5-4-8-16(20)14-19-21(15-6-2-1-3-7-15)24-25(22(19)27)17-10-12-18(13-11-17)26(28)29/h1-14H/b19-14+. The molecule has 0 aromatic heterocycles. The van der Waals surface area contributed by atoms with E-state index in [0.29, 0.717) is 17.0 Å². The third-order valence-corrected chi connectivity index (χ3v) is 4.44. The van der Waals surface area contributed by atoms with Crippen molar-refractivity contribution in [3.8, 4) is 0 Å². The molecule has 1 amide bonds. The average molecular weight is 387 g/mol. The summed E-state index contributed by atoms with van der Waals surface area (Å²) in [5.74, 6) is -0.894. The molecule has 0 aliphatic carbocycles. The maximum atomic E-state index is 14.2. The SMILES string of the molecule is O=C1/C(=C/c2ccccc2F)C(c2ccccc2)=NN1c1ccc([N+](=O)[O-])cc1. The molecule has 0 spiro atoms. The van der Waals surface area contributed by atoms with Gasteiger partial charge in [0.1, 0.15) is 11.5 Å². The Kier molecular flexibility index (Phi) is 4.70. The van der Waals surface area contributed by atoms with E-state index in [-0.39, 0.29) is 16.8 Å². The Balaban J connectivity index is 1.81. The molecule has 142 valence electrons. The van der Waals surface area contributed by atoms with Crippen LogP contribution in [0.3, 0.4) is 0 Å². The van der Waals surface area contributed by atoms with Gasteiger partial charge in [-0.15, -0.1) is 0 Å². The average Bonchev–Trinajstić information content (AvgIpc) is 3.07. The first kappa shape index (κ1) is 18.2. The van der Waals surface area contributed by atoms with E-state index in [9.17, 15) is 19.3 Å². The minimum absolute atomic E-state index is 0.0882. The summed E-state index contributed by atoms with van der Waals surface area (Å²) in [6.07, 6.45) is 1.47. The van der Waals surface area contributed by atoms with Gasteiger partial charge in [-0.1, -0.05) is 48.5 Å². The van der Waals surface area contributed by atoms with Crippen LogP contribution in [0, 0.1) is 15.9 Å². The number of nitrogens with zero attached hydrogens (tertiary/aromatic N) is 3. The van der Waals surface area contributed by atoms with Crippen LogP contribution in [-0.2, 0) is 4.79 Å². The molecule has 29 heavy (non-hydrogen) atoms. The van der Waals surface area contributed by atoms with Crippen molar-refractivity contribution in [1.29, 1.82) is 0 Å². The number of hydrogen-bond donors (Lipinski definition) is 0. The number of carbonyl (C=O) groups excluding carboxylic acids is 1. The lowest BCUT2D eigenvalue weighted by Gasteiger charge is -2.11. The molecule has 1 heterocycles. The van der Waals surface area contributed by atoms with Gasteiger partial charge in [0.05, 0.1) is 16.2 Å². The van der Waals surface area contributed by atoms with Crippen molar-refractivity contribution in [1.82, 2.24) is 0 Å². The molecular formula is C22H14FN3O3. The topological polar surface area (TPSA) is 75.8 Å². The highest BCUT2D eigenvalue weighted by Crippen LogP contribution is 2.29. The third kappa shape index (κ3) is 3.53. The summed E-state index contributed by atoms with van der Waals surface area (Å²) in [5.41, 5.74) is 1.90. The van der Waals surface area contributed by atoms with Crippen LogP contribution in [0.5, 0.6) is 0 Å². The molecule has 0 saturated carbocycles. The number of hydrazone groups is 1. The van der Waals surface area contributed by atoms with E-state index >= 15 is 0 Å². The number of nitro benzene ring substituents is 1. The zero-order valence-corrected chi connectivity index (χ0v) is 15.0. The summed E-state index contributed by atoms with van der Waals surface area (Å²) in [6.45, 7) is 0.